The summed E-state index contributed by atoms with van der Waals surface area (Å²) in [5.41, 5.74) is 0.694. The molecule has 0 aliphatic rings. The fraction of sp³-hybridized carbons (Fsp3) is 0. The minimum atomic E-state index is -4.19. The van der Waals surface area contributed by atoms with Crippen molar-refractivity contribution in [3.8, 4) is 0 Å². The van der Waals surface area contributed by atoms with Gasteiger partial charge in [0.05, 0.1) is 49.8 Å². The van der Waals surface area contributed by atoms with Gasteiger partial charge in [0.1, 0.15) is 4.90 Å². The van der Waals surface area contributed by atoms with Gasteiger partial charge in [-0.2, -0.15) is 8.42 Å². The summed E-state index contributed by atoms with van der Waals surface area (Å²) in [7, 11) is 0.431. The van der Waals surface area contributed by atoms with Crippen LogP contribution < -0.4 is 33.0 Å². The van der Waals surface area contributed by atoms with Gasteiger partial charge in [0.15, 0.2) is 0 Å². The molecule has 9 rings (SSSR count). The van der Waals surface area contributed by atoms with Crippen molar-refractivity contribution in [2.24, 2.45) is 0 Å². The molecule has 0 bridgehead atoms. The summed E-state index contributed by atoms with van der Waals surface area (Å²) >= 11 is 4.07. The van der Waals surface area contributed by atoms with E-state index in [2.05, 4.69) is 144 Å². The number of imidazole rings is 3. The first-order chi connectivity index (χ1) is 32.0. The largest absolute Gasteiger partial charge is 0.478 e. The van der Waals surface area contributed by atoms with E-state index in [-0.39, 0.29) is 39.1 Å². The molecule has 3 heterocycles. The van der Waals surface area contributed by atoms with Gasteiger partial charge in [0, 0.05) is 26.3 Å². The Morgan fingerprint density at radius 3 is 1.25 bits per heavy atom. The molecule has 352 valence electrons. The van der Waals surface area contributed by atoms with E-state index in [0.717, 1.165) is 12.1 Å². The van der Waals surface area contributed by atoms with Gasteiger partial charge in [-0.1, -0.05) is 91.0 Å². The zero-order valence-electron chi connectivity index (χ0n) is 34.0. The Morgan fingerprint density at radius 1 is 0.471 bits per heavy atom. The summed E-state index contributed by atoms with van der Waals surface area (Å²) in [5.74, 6) is -3.39. The number of thiol groups is 1. The molecule has 9 aromatic rings. The van der Waals surface area contributed by atoms with Crippen molar-refractivity contribution in [2.75, 3.05) is 0 Å². The molecule has 6 aromatic carbocycles. The standard InChI is InChI=1S/C18H15P.C8H5ClN2O5S.C8H6N2O3S.C8H6N2O3.ClHO3S/c1-4-10-16(11-5-1)19(17-12-6-2-7-13-17)18-14-8-3-9-15-18;9-17(15,16)5-2-3(7(12)13)1-4-6(5)11-8(14)10-4;11-7(12)3-1-4-6(5(14)2-3)10-8(13)9-4;11-7(12)4-1-2-5-6(3-4)10-8(13)9-5;1-5(2,3)4/h1-15H;1-2H,(H,12,13)(H2,10,11,14);1-2,14H,(H,11,12)(H2,9,10,13);1-3H,(H,11,12)(H2,9,10,13);(H,2,3,4). The molecule has 0 fully saturated rings. The van der Waals surface area contributed by atoms with E-state index in [1.165, 1.54) is 40.2 Å². The number of carbonyl (C=O) groups is 3. The maximum Gasteiger partial charge on any atom is 0.353 e. The van der Waals surface area contributed by atoms with Gasteiger partial charge in [0.2, 0.25) is 0 Å². The molecular weight excluding hydrogens is 1010 g/mol. The Bertz CT molecular complexity index is 3570. The molecule has 0 aliphatic heterocycles. The predicted octanol–water partition coefficient (Wildman–Crippen LogP) is 5.35. The summed E-state index contributed by atoms with van der Waals surface area (Å²) in [4.78, 5) is 79.3. The Balaban J connectivity index is 0.000000165. The van der Waals surface area contributed by atoms with Crippen molar-refractivity contribution < 1.29 is 51.1 Å². The summed E-state index contributed by atoms with van der Waals surface area (Å²) in [6.07, 6.45) is 0. The number of rotatable bonds is 7. The summed E-state index contributed by atoms with van der Waals surface area (Å²) in [6.45, 7) is 0. The van der Waals surface area contributed by atoms with Crippen molar-refractivity contribution in [3.05, 3.63) is 182 Å². The molecule has 26 heteroatoms. The second-order valence-electron chi connectivity index (χ2n) is 13.4. The molecule has 3 aromatic heterocycles. The zero-order valence-corrected chi connectivity index (χ0v) is 39.0. The van der Waals surface area contributed by atoms with Gasteiger partial charge in [-0.05, 0) is 66.3 Å². The maximum atomic E-state index is 11.3. The number of fused-ring (bicyclic) bond motifs is 3. The topological polar surface area (TPSA) is 346 Å². The van der Waals surface area contributed by atoms with Crippen molar-refractivity contribution >= 4 is 127 Å². The highest BCUT2D eigenvalue weighted by atomic mass is 35.7. The molecule has 0 unspecified atom stereocenters. The van der Waals surface area contributed by atoms with Crippen LogP contribution in [0.3, 0.4) is 0 Å². The fourth-order valence-corrected chi connectivity index (χ4v) is 9.68. The second-order valence-corrected chi connectivity index (χ2v) is 20.7. The molecule has 68 heavy (non-hydrogen) atoms. The Labute approximate surface area is 397 Å². The highest BCUT2D eigenvalue weighted by molar-refractivity contribution is 8.14. The van der Waals surface area contributed by atoms with Crippen molar-refractivity contribution in [1.82, 2.24) is 29.9 Å². The van der Waals surface area contributed by atoms with Crippen LogP contribution in [-0.4, -0.2) is 84.5 Å². The molecule has 20 nitrogen and oxygen atoms in total. The molecule has 0 aliphatic carbocycles. The lowest BCUT2D eigenvalue weighted by Crippen LogP contribution is -2.20. The average molecular weight is 1040 g/mol. The highest BCUT2D eigenvalue weighted by Gasteiger charge is 2.20. The van der Waals surface area contributed by atoms with E-state index >= 15 is 0 Å². The number of halogens is 2. The van der Waals surface area contributed by atoms with Gasteiger partial charge in [-0.25, -0.2) is 37.2 Å². The number of hydrogen-bond acceptors (Lipinski definition) is 11. The number of H-pyrrole nitrogens is 6. The van der Waals surface area contributed by atoms with Gasteiger partial charge >= 0.3 is 44.3 Å². The molecule has 0 spiro atoms. The van der Waals surface area contributed by atoms with Crippen LogP contribution in [0.25, 0.3) is 33.1 Å². The van der Waals surface area contributed by atoms with Crippen molar-refractivity contribution in [2.45, 2.75) is 9.79 Å². The molecule has 0 saturated heterocycles. The summed E-state index contributed by atoms with van der Waals surface area (Å²) in [5, 5.41) is 30.4. The van der Waals surface area contributed by atoms with Gasteiger partial charge < -0.3 is 45.2 Å². The number of carboxylic acids is 3. The Morgan fingerprint density at radius 2 is 0.824 bits per heavy atom. The number of aromatic nitrogens is 6. The Hall–Kier alpha value is -7.24. The monoisotopic (exact) mass is 1040 g/mol. The fourth-order valence-electron chi connectivity index (χ4n) is 6.02. The Kier molecular flexibility index (Phi) is 17.1. The molecular formula is C42H33Cl2N6O14PS3. The number of aromatic carboxylic acids is 3. The number of carboxylic acid groups (broad SMARTS) is 3. The highest BCUT2D eigenvalue weighted by Crippen LogP contribution is 2.32. The van der Waals surface area contributed by atoms with Gasteiger partial charge in [0.25, 0.3) is 9.05 Å². The zero-order chi connectivity index (χ0) is 49.9. The van der Waals surface area contributed by atoms with E-state index in [1.54, 1.807) is 6.07 Å². The van der Waals surface area contributed by atoms with Crippen LogP contribution in [0.5, 0.6) is 0 Å². The van der Waals surface area contributed by atoms with Gasteiger partial charge in [-0.15, -0.1) is 12.6 Å². The predicted molar refractivity (Wildman–Crippen MR) is 260 cm³/mol. The van der Waals surface area contributed by atoms with Crippen LogP contribution in [0.1, 0.15) is 31.1 Å². The SMILES string of the molecule is O=C(O)c1cc(S(=O)(=O)Cl)c2[nH]c(=O)[nH]c2c1.O=C(O)c1cc(S)c2[nH]c(=O)[nH]c2c1.O=C(O)c1ccc2[nH]c(=O)[nH]c2c1.O=S(=O)(O)Cl.c1ccc(P(c2ccccc2)c2ccccc2)cc1. The first-order valence-electron chi connectivity index (χ1n) is 18.7. The second kappa shape index (κ2) is 22.5. The van der Waals surface area contributed by atoms with E-state index in [1.807, 2.05) is 0 Å². The smallest absolute Gasteiger partial charge is 0.353 e. The molecule has 0 saturated carbocycles. The van der Waals surface area contributed by atoms with E-state index < -0.39 is 54.8 Å². The van der Waals surface area contributed by atoms with Crippen LogP contribution >= 0.6 is 41.9 Å². The maximum absolute atomic E-state index is 11.3. The third-order valence-electron chi connectivity index (χ3n) is 8.76. The van der Waals surface area contributed by atoms with Gasteiger partial charge in [-0.3, -0.25) is 4.55 Å². The van der Waals surface area contributed by atoms with E-state index in [0.29, 0.717) is 27.0 Å². The van der Waals surface area contributed by atoms with Crippen LogP contribution in [0.15, 0.2) is 158 Å². The minimum absolute atomic E-state index is 0.0463. The average Bonchev–Trinajstić information content (AvgIpc) is 3.98. The first kappa shape index (κ1) is 51.7. The molecule has 0 radical (unpaired) electrons. The number of benzene rings is 6. The van der Waals surface area contributed by atoms with Crippen LogP contribution in [0, 0.1) is 0 Å². The van der Waals surface area contributed by atoms with E-state index in [4.69, 9.17) is 39.0 Å². The quantitative estimate of drug-likeness (QED) is 0.0415. The number of nitrogens with one attached hydrogen (secondary N) is 6. The normalized spacial score (nSPS) is 11.0. The third kappa shape index (κ3) is 14.6. The third-order valence-corrected chi connectivity index (χ3v) is 12.9. The van der Waals surface area contributed by atoms with Crippen LogP contribution in [0.2, 0.25) is 0 Å². The summed E-state index contributed by atoms with van der Waals surface area (Å²) in [6, 6.07) is 41.5. The summed E-state index contributed by atoms with van der Waals surface area (Å²) < 4.78 is 47.7. The van der Waals surface area contributed by atoms with E-state index in [9.17, 15) is 37.2 Å². The minimum Gasteiger partial charge on any atom is -0.478 e. The molecule has 0 atom stereocenters. The number of hydrogen-bond donors (Lipinski definition) is 11. The lowest BCUT2D eigenvalue weighted by molar-refractivity contribution is 0.0686. The number of aromatic amines is 6. The lowest BCUT2D eigenvalue weighted by atomic mass is 10.2. The van der Waals surface area contributed by atoms with Crippen molar-refractivity contribution in [1.29, 1.82) is 0 Å². The van der Waals surface area contributed by atoms with Crippen LogP contribution in [-0.2, 0) is 18.4 Å². The lowest BCUT2D eigenvalue weighted by Gasteiger charge is -2.18. The molecule has 10 N–H and O–H groups in total. The van der Waals surface area contributed by atoms with Crippen LogP contribution in [0.4, 0.5) is 0 Å². The van der Waals surface area contributed by atoms with Crippen molar-refractivity contribution in [3.63, 3.8) is 0 Å². The first-order valence-corrected chi connectivity index (χ1v) is 25.0. The molecule has 0 amide bonds.